The lowest BCUT2D eigenvalue weighted by Gasteiger charge is -2.18. The molecular formula is C25H24N4O3S. The van der Waals surface area contributed by atoms with Gasteiger partial charge in [-0.25, -0.2) is 4.98 Å². The van der Waals surface area contributed by atoms with Crippen molar-refractivity contribution in [3.8, 4) is 11.1 Å². The Morgan fingerprint density at radius 1 is 1.03 bits per heavy atom. The van der Waals surface area contributed by atoms with E-state index in [0.717, 1.165) is 16.7 Å². The van der Waals surface area contributed by atoms with Crippen LogP contribution in [0.5, 0.6) is 0 Å². The molecule has 1 unspecified atom stereocenters. The summed E-state index contributed by atoms with van der Waals surface area (Å²) in [5.41, 5.74) is 3.89. The summed E-state index contributed by atoms with van der Waals surface area (Å²) in [6.45, 7) is 5.30. The maximum Gasteiger partial charge on any atom is 0.263 e. The number of carbonyl (C=O) groups excluding carboxylic acids is 2. The van der Waals surface area contributed by atoms with E-state index in [1.54, 1.807) is 24.3 Å². The van der Waals surface area contributed by atoms with E-state index < -0.39 is 6.04 Å². The fourth-order valence-corrected chi connectivity index (χ4v) is 4.59. The predicted octanol–water partition coefficient (Wildman–Crippen LogP) is 4.98. The van der Waals surface area contributed by atoms with Gasteiger partial charge in [-0.15, -0.1) is 11.3 Å². The molecule has 2 amide bonds. The molecule has 1 atom stereocenters. The number of aryl methyl sites for hydroxylation is 1. The lowest BCUT2D eigenvalue weighted by atomic mass is 10.0. The number of rotatable bonds is 6. The minimum Gasteiger partial charge on any atom is -0.326 e. The van der Waals surface area contributed by atoms with Crippen molar-refractivity contribution >= 4 is 44.7 Å². The fraction of sp³-hybridized carbons (Fsp3) is 0.200. The lowest BCUT2D eigenvalue weighted by Crippen LogP contribution is -2.33. The number of thiophene rings is 1. The van der Waals surface area contributed by atoms with Crippen molar-refractivity contribution in [1.82, 2.24) is 9.55 Å². The van der Waals surface area contributed by atoms with Gasteiger partial charge in [0.25, 0.3) is 5.56 Å². The zero-order valence-corrected chi connectivity index (χ0v) is 19.4. The number of nitrogens with zero attached hydrogens (tertiary/aromatic N) is 2. The number of aromatic nitrogens is 2. The standard InChI is InChI=1S/C25H24N4O3S/c1-4-21(23(31)28-19-11-9-18(10-12-19)27-16(3)30)29-14-26-24-22(25(29)32)20(13-33-24)17-7-5-15(2)6-8-17/h5-14,21H,4H2,1-3H3,(H,27,30)(H,28,31). The van der Waals surface area contributed by atoms with Gasteiger partial charge < -0.3 is 10.6 Å². The summed E-state index contributed by atoms with van der Waals surface area (Å²) in [6, 6.07) is 14.1. The SMILES string of the molecule is CCC(C(=O)Nc1ccc(NC(C)=O)cc1)n1cnc2scc(-c3ccc(C)cc3)c2c1=O. The number of fused-ring (bicyclic) bond motifs is 1. The maximum absolute atomic E-state index is 13.5. The molecule has 4 aromatic rings. The smallest absolute Gasteiger partial charge is 0.263 e. The maximum atomic E-state index is 13.5. The second kappa shape index (κ2) is 9.38. The van der Waals surface area contributed by atoms with E-state index in [2.05, 4.69) is 15.6 Å². The van der Waals surface area contributed by atoms with Crippen LogP contribution in [0.2, 0.25) is 0 Å². The molecule has 0 aliphatic rings. The van der Waals surface area contributed by atoms with Crippen LogP contribution in [-0.4, -0.2) is 21.4 Å². The molecule has 2 aromatic carbocycles. The Labute approximate surface area is 195 Å². The zero-order valence-electron chi connectivity index (χ0n) is 18.6. The van der Waals surface area contributed by atoms with E-state index in [0.29, 0.717) is 28.0 Å². The van der Waals surface area contributed by atoms with Crippen molar-refractivity contribution in [3.05, 3.63) is 76.2 Å². The van der Waals surface area contributed by atoms with E-state index >= 15 is 0 Å². The number of hydrogen-bond donors (Lipinski definition) is 2. The second-order valence-electron chi connectivity index (χ2n) is 7.82. The van der Waals surface area contributed by atoms with Gasteiger partial charge in [0.1, 0.15) is 10.9 Å². The molecular weight excluding hydrogens is 436 g/mol. The van der Waals surface area contributed by atoms with Crippen LogP contribution in [0.4, 0.5) is 11.4 Å². The van der Waals surface area contributed by atoms with Crippen molar-refractivity contribution in [3.63, 3.8) is 0 Å². The second-order valence-corrected chi connectivity index (χ2v) is 8.68. The Bertz CT molecular complexity index is 1370. The van der Waals surface area contributed by atoms with Crippen molar-refractivity contribution in [1.29, 1.82) is 0 Å². The third-order valence-corrected chi connectivity index (χ3v) is 6.27. The summed E-state index contributed by atoms with van der Waals surface area (Å²) in [7, 11) is 0. The first-order valence-electron chi connectivity index (χ1n) is 10.6. The number of benzene rings is 2. The molecule has 2 heterocycles. The van der Waals surface area contributed by atoms with Gasteiger partial charge in [0.05, 0.1) is 11.7 Å². The first-order valence-corrected chi connectivity index (χ1v) is 11.5. The van der Waals surface area contributed by atoms with E-state index in [-0.39, 0.29) is 17.4 Å². The molecule has 7 nitrogen and oxygen atoms in total. The van der Waals surface area contributed by atoms with Crippen LogP contribution in [0.1, 0.15) is 31.9 Å². The van der Waals surface area contributed by atoms with Gasteiger partial charge in [-0.05, 0) is 43.2 Å². The van der Waals surface area contributed by atoms with E-state index in [9.17, 15) is 14.4 Å². The molecule has 4 rings (SSSR count). The highest BCUT2D eigenvalue weighted by molar-refractivity contribution is 7.17. The Morgan fingerprint density at radius 2 is 1.67 bits per heavy atom. The number of nitrogens with one attached hydrogen (secondary N) is 2. The Balaban J connectivity index is 1.65. The van der Waals surface area contributed by atoms with Gasteiger partial charge in [0, 0.05) is 29.2 Å². The molecule has 2 aromatic heterocycles. The van der Waals surface area contributed by atoms with Crippen LogP contribution in [0.15, 0.2) is 65.0 Å². The van der Waals surface area contributed by atoms with Crippen molar-refractivity contribution in [2.75, 3.05) is 10.6 Å². The van der Waals surface area contributed by atoms with Gasteiger partial charge >= 0.3 is 0 Å². The van der Waals surface area contributed by atoms with Crippen LogP contribution >= 0.6 is 11.3 Å². The topological polar surface area (TPSA) is 93.1 Å². The Kier molecular flexibility index (Phi) is 6.37. The fourth-order valence-electron chi connectivity index (χ4n) is 3.69. The van der Waals surface area contributed by atoms with Crippen LogP contribution in [0.3, 0.4) is 0 Å². The largest absolute Gasteiger partial charge is 0.326 e. The van der Waals surface area contributed by atoms with E-state index in [4.69, 9.17) is 0 Å². The molecule has 0 aliphatic carbocycles. The van der Waals surface area contributed by atoms with Gasteiger partial charge in [-0.3, -0.25) is 19.0 Å². The lowest BCUT2D eigenvalue weighted by molar-refractivity contribution is -0.119. The summed E-state index contributed by atoms with van der Waals surface area (Å²) in [5, 5.41) is 8.00. The zero-order chi connectivity index (χ0) is 23.5. The summed E-state index contributed by atoms with van der Waals surface area (Å²) in [6.07, 6.45) is 1.88. The molecule has 2 N–H and O–H groups in total. The third-order valence-electron chi connectivity index (χ3n) is 5.38. The number of carbonyl (C=O) groups is 2. The third kappa shape index (κ3) is 4.70. The Morgan fingerprint density at radius 3 is 2.27 bits per heavy atom. The molecule has 168 valence electrons. The average molecular weight is 461 g/mol. The van der Waals surface area contributed by atoms with Crippen molar-refractivity contribution in [2.24, 2.45) is 0 Å². The number of amides is 2. The van der Waals surface area contributed by atoms with Gasteiger partial charge in [-0.2, -0.15) is 0 Å². The van der Waals surface area contributed by atoms with Gasteiger partial charge in [-0.1, -0.05) is 36.8 Å². The summed E-state index contributed by atoms with van der Waals surface area (Å²) < 4.78 is 1.41. The van der Waals surface area contributed by atoms with E-state index in [1.807, 2.05) is 43.5 Å². The molecule has 0 bridgehead atoms. The summed E-state index contributed by atoms with van der Waals surface area (Å²) >= 11 is 1.42. The molecule has 8 heteroatoms. The molecule has 0 aliphatic heterocycles. The van der Waals surface area contributed by atoms with Crippen molar-refractivity contribution < 1.29 is 9.59 Å². The van der Waals surface area contributed by atoms with Crippen LogP contribution in [0, 0.1) is 6.92 Å². The highest BCUT2D eigenvalue weighted by Crippen LogP contribution is 2.31. The first-order chi connectivity index (χ1) is 15.9. The molecule has 0 spiro atoms. The summed E-state index contributed by atoms with van der Waals surface area (Å²) in [4.78, 5) is 42.8. The number of hydrogen-bond acceptors (Lipinski definition) is 5. The normalized spacial score (nSPS) is 11.8. The minimum atomic E-state index is -0.713. The molecule has 0 radical (unpaired) electrons. The molecule has 0 saturated carbocycles. The summed E-state index contributed by atoms with van der Waals surface area (Å²) in [5.74, 6) is -0.473. The van der Waals surface area contributed by atoms with Crippen LogP contribution in [-0.2, 0) is 9.59 Å². The van der Waals surface area contributed by atoms with Crippen LogP contribution < -0.4 is 16.2 Å². The van der Waals surface area contributed by atoms with Crippen molar-refractivity contribution in [2.45, 2.75) is 33.2 Å². The van der Waals surface area contributed by atoms with Crippen LogP contribution in [0.25, 0.3) is 21.3 Å². The average Bonchev–Trinajstić information content (AvgIpc) is 3.22. The monoisotopic (exact) mass is 460 g/mol. The highest BCUT2D eigenvalue weighted by atomic mass is 32.1. The van der Waals surface area contributed by atoms with Gasteiger partial charge in [0.2, 0.25) is 11.8 Å². The molecule has 33 heavy (non-hydrogen) atoms. The Hall–Kier alpha value is -3.78. The minimum absolute atomic E-state index is 0.168. The predicted molar refractivity (Wildman–Crippen MR) is 133 cm³/mol. The first kappa shape index (κ1) is 22.4. The van der Waals surface area contributed by atoms with E-state index in [1.165, 1.54) is 29.2 Å². The molecule has 0 fully saturated rings. The van der Waals surface area contributed by atoms with Gasteiger partial charge in [0.15, 0.2) is 0 Å². The highest BCUT2D eigenvalue weighted by Gasteiger charge is 2.23. The molecule has 0 saturated heterocycles. The number of anilines is 2. The quantitative estimate of drug-likeness (QED) is 0.424.